The summed E-state index contributed by atoms with van der Waals surface area (Å²) >= 11 is 4.77. The third kappa shape index (κ3) is 3.92. The van der Waals surface area contributed by atoms with Gasteiger partial charge in [0.05, 0.1) is 12.0 Å². The third-order valence-corrected chi connectivity index (χ3v) is 4.52. The minimum atomic E-state index is -0.666. The van der Waals surface area contributed by atoms with Crippen LogP contribution in [0.4, 0.5) is 0 Å². The van der Waals surface area contributed by atoms with E-state index in [0.717, 1.165) is 14.9 Å². The molecule has 2 aromatic rings. The van der Waals surface area contributed by atoms with Crippen LogP contribution in [0.1, 0.15) is 16.6 Å². The fraction of sp³-hybridized carbons (Fsp3) is 0.200. The van der Waals surface area contributed by atoms with Crippen LogP contribution < -0.4 is 5.32 Å². The van der Waals surface area contributed by atoms with Gasteiger partial charge in [0.25, 0.3) is 5.91 Å². The maximum absolute atomic E-state index is 12.1. The zero-order chi connectivity index (χ0) is 15.4. The van der Waals surface area contributed by atoms with E-state index >= 15 is 0 Å². The largest absolute Gasteiger partial charge is 0.467 e. The van der Waals surface area contributed by atoms with E-state index in [1.807, 2.05) is 30.3 Å². The van der Waals surface area contributed by atoms with Gasteiger partial charge in [-0.05, 0) is 36.8 Å². The fourth-order valence-corrected chi connectivity index (χ4v) is 2.91. The third-order valence-electron chi connectivity index (χ3n) is 2.86. The Morgan fingerprint density at radius 2 is 1.86 bits per heavy atom. The summed E-state index contributed by atoms with van der Waals surface area (Å²) in [6.45, 7) is 1.59. The van der Waals surface area contributed by atoms with E-state index in [2.05, 4.69) is 26.0 Å². The van der Waals surface area contributed by atoms with Crippen LogP contribution in [0.5, 0.6) is 0 Å². The van der Waals surface area contributed by atoms with Crippen molar-refractivity contribution in [3.63, 3.8) is 0 Å². The summed E-state index contributed by atoms with van der Waals surface area (Å²) in [5.41, 5.74) is 1.04. The quantitative estimate of drug-likeness (QED) is 0.841. The predicted molar refractivity (Wildman–Crippen MR) is 86.4 cm³/mol. The summed E-state index contributed by atoms with van der Waals surface area (Å²) in [7, 11) is 1.29. The van der Waals surface area contributed by atoms with E-state index in [1.54, 1.807) is 13.0 Å². The van der Waals surface area contributed by atoms with Crippen LogP contribution in [0.2, 0.25) is 0 Å². The molecular weight excluding hydrogens is 354 g/mol. The van der Waals surface area contributed by atoms with Crippen molar-refractivity contribution in [2.45, 2.75) is 13.0 Å². The Morgan fingerprint density at radius 3 is 2.48 bits per heavy atom. The van der Waals surface area contributed by atoms with Gasteiger partial charge in [0, 0.05) is 9.35 Å². The Bertz CT molecular complexity index is 651. The van der Waals surface area contributed by atoms with Crippen molar-refractivity contribution < 1.29 is 14.3 Å². The summed E-state index contributed by atoms with van der Waals surface area (Å²) in [4.78, 5) is 24.9. The van der Waals surface area contributed by atoms with Crippen LogP contribution in [0.15, 0.2) is 40.9 Å². The van der Waals surface area contributed by atoms with E-state index < -0.39 is 12.0 Å². The Kier molecular flexibility index (Phi) is 5.14. The number of benzene rings is 1. The summed E-state index contributed by atoms with van der Waals surface area (Å²) < 4.78 is 5.59. The second-order valence-corrected chi connectivity index (χ2v) is 6.39. The van der Waals surface area contributed by atoms with Crippen molar-refractivity contribution in [1.82, 2.24) is 5.32 Å². The van der Waals surface area contributed by atoms with Gasteiger partial charge in [-0.2, -0.15) is 0 Å². The molecule has 0 spiro atoms. The number of thiophene rings is 1. The van der Waals surface area contributed by atoms with Crippen molar-refractivity contribution >= 4 is 39.1 Å². The molecular formula is C15H14BrNO3S. The molecule has 0 bridgehead atoms. The lowest BCUT2D eigenvalue weighted by Crippen LogP contribution is -2.38. The summed E-state index contributed by atoms with van der Waals surface area (Å²) in [6.07, 6.45) is 0. The Morgan fingerprint density at radius 1 is 1.19 bits per heavy atom. The average Bonchev–Trinajstić information content (AvgIpc) is 2.97. The Labute approximate surface area is 135 Å². The average molecular weight is 368 g/mol. The highest BCUT2D eigenvalue weighted by Gasteiger charge is 2.18. The molecule has 1 atom stereocenters. The molecule has 4 nitrogen and oxygen atoms in total. The van der Waals surface area contributed by atoms with E-state index in [1.165, 1.54) is 18.4 Å². The van der Waals surface area contributed by atoms with Crippen LogP contribution in [-0.2, 0) is 9.53 Å². The molecule has 0 aliphatic carbocycles. The molecule has 1 aromatic carbocycles. The highest BCUT2D eigenvalue weighted by atomic mass is 79.9. The van der Waals surface area contributed by atoms with Crippen LogP contribution >= 0.6 is 27.3 Å². The van der Waals surface area contributed by atoms with Gasteiger partial charge in [0.15, 0.2) is 0 Å². The van der Waals surface area contributed by atoms with Gasteiger partial charge in [0.1, 0.15) is 6.04 Å². The monoisotopic (exact) mass is 367 g/mol. The van der Waals surface area contributed by atoms with E-state index in [-0.39, 0.29) is 5.91 Å². The van der Waals surface area contributed by atoms with Crippen LogP contribution in [0, 0.1) is 0 Å². The zero-order valence-electron chi connectivity index (χ0n) is 11.6. The lowest BCUT2D eigenvalue weighted by Gasteiger charge is -2.10. The molecule has 0 saturated carbocycles. The van der Waals surface area contributed by atoms with Gasteiger partial charge < -0.3 is 10.1 Å². The number of rotatable bonds is 4. The first kappa shape index (κ1) is 15.7. The van der Waals surface area contributed by atoms with Gasteiger partial charge in [-0.15, -0.1) is 11.3 Å². The lowest BCUT2D eigenvalue weighted by atomic mass is 10.2. The fourth-order valence-electron chi connectivity index (χ4n) is 1.73. The molecule has 110 valence electrons. The summed E-state index contributed by atoms with van der Waals surface area (Å²) in [5, 5.41) is 2.61. The number of amides is 1. The predicted octanol–water partition coefficient (Wildman–Crippen LogP) is 3.47. The van der Waals surface area contributed by atoms with Crippen molar-refractivity contribution in [2.24, 2.45) is 0 Å². The minimum absolute atomic E-state index is 0.277. The Hall–Kier alpha value is -1.66. The minimum Gasteiger partial charge on any atom is -0.467 e. The summed E-state index contributed by atoms with van der Waals surface area (Å²) in [5.74, 6) is -0.741. The van der Waals surface area contributed by atoms with Crippen molar-refractivity contribution in [2.75, 3.05) is 7.11 Å². The normalized spacial score (nSPS) is 11.8. The number of halogens is 1. The van der Waals surface area contributed by atoms with E-state index in [4.69, 9.17) is 0 Å². The molecule has 21 heavy (non-hydrogen) atoms. The number of ether oxygens (including phenoxy) is 1. The smallest absolute Gasteiger partial charge is 0.328 e. The molecule has 0 aliphatic rings. The number of hydrogen-bond acceptors (Lipinski definition) is 4. The first-order valence-corrected chi connectivity index (χ1v) is 7.86. The molecule has 1 heterocycles. The maximum Gasteiger partial charge on any atom is 0.328 e. The standard InChI is InChI=1S/C15H14BrNO3S/c1-9(15(19)20-2)17-14(18)13-8-7-12(21-13)10-3-5-11(16)6-4-10/h3-9H,1-2H3,(H,17,18)/t9-/m0/s1. The molecule has 2 rings (SSSR count). The molecule has 0 aliphatic heterocycles. The molecule has 1 aromatic heterocycles. The number of carbonyl (C=O) groups is 2. The topological polar surface area (TPSA) is 55.4 Å². The van der Waals surface area contributed by atoms with Crippen LogP contribution in [0.3, 0.4) is 0 Å². The van der Waals surface area contributed by atoms with E-state index in [0.29, 0.717) is 4.88 Å². The second kappa shape index (κ2) is 6.87. The van der Waals surface area contributed by atoms with Crippen molar-refractivity contribution in [3.8, 4) is 10.4 Å². The molecule has 1 N–H and O–H groups in total. The molecule has 0 unspecified atom stereocenters. The molecule has 0 fully saturated rings. The van der Waals surface area contributed by atoms with Gasteiger partial charge in [0.2, 0.25) is 0 Å². The highest BCUT2D eigenvalue weighted by molar-refractivity contribution is 9.10. The summed E-state index contributed by atoms with van der Waals surface area (Å²) in [6, 6.07) is 10.8. The van der Waals surface area contributed by atoms with Gasteiger partial charge in [-0.3, -0.25) is 4.79 Å². The number of hydrogen-bond donors (Lipinski definition) is 1. The molecule has 0 radical (unpaired) electrons. The van der Waals surface area contributed by atoms with E-state index in [9.17, 15) is 9.59 Å². The zero-order valence-corrected chi connectivity index (χ0v) is 14.0. The molecule has 1 amide bonds. The van der Waals surface area contributed by atoms with Gasteiger partial charge in [-0.25, -0.2) is 4.79 Å². The highest BCUT2D eigenvalue weighted by Crippen LogP contribution is 2.29. The lowest BCUT2D eigenvalue weighted by molar-refractivity contribution is -0.142. The van der Waals surface area contributed by atoms with Crippen LogP contribution in [0.25, 0.3) is 10.4 Å². The SMILES string of the molecule is COC(=O)[C@H](C)NC(=O)c1ccc(-c2ccc(Br)cc2)s1. The van der Waals surface area contributed by atoms with Gasteiger partial charge in [-0.1, -0.05) is 28.1 Å². The molecule has 6 heteroatoms. The van der Waals surface area contributed by atoms with Crippen molar-refractivity contribution in [1.29, 1.82) is 0 Å². The number of nitrogens with one attached hydrogen (secondary N) is 1. The van der Waals surface area contributed by atoms with Gasteiger partial charge >= 0.3 is 5.97 Å². The number of carbonyl (C=O) groups excluding carboxylic acids is 2. The molecule has 0 saturated heterocycles. The maximum atomic E-state index is 12.1. The Balaban J connectivity index is 2.10. The van der Waals surface area contributed by atoms with Crippen LogP contribution in [-0.4, -0.2) is 25.0 Å². The first-order valence-electron chi connectivity index (χ1n) is 6.25. The second-order valence-electron chi connectivity index (χ2n) is 4.39. The van der Waals surface area contributed by atoms with Crippen molar-refractivity contribution in [3.05, 3.63) is 45.7 Å². The number of methoxy groups -OCH3 is 1. The first-order chi connectivity index (χ1) is 10.0. The number of esters is 1.